The van der Waals surface area contributed by atoms with Crippen LogP contribution in [0.4, 0.5) is 13.2 Å². The van der Waals surface area contributed by atoms with E-state index in [1.165, 1.54) is 12.1 Å². The van der Waals surface area contributed by atoms with Crippen LogP contribution >= 0.6 is 0 Å². The average molecular weight is 518 g/mol. The van der Waals surface area contributed by atoms with Crippen LogP contribution in [-0.4, -0.2) is 76.1 Å². The van der Waals surface area contributed by atoms with Crippen LogP contribution in [0.25, 0.3) is 10.9 Å². The van der Waals surface area contributed by atoms with Gasteiger partial charge in [-0.25, -0.2) is 4.98 Å². The summed E-state index contributed by atoms with van der Waals surface area (Å²) in [5.74, 6) is 0.0565. The molecule has 37 heavy (non-hydrogen) atoms. The number of carbonyl (C=O) groups is 2. The standard InChI is InChI=1S/C26H30F3N5O3/c1-17(2)16-37-23-13-21-19(14-34(31-21)15-25(36)33-9-7-32(3)8-10-33)11-18(23)12-22(35)20-5-4-6-24(30-20)26(27,28)29/h4-6,11,13-14,17H,7-10,12,15-16H2,1-3H3. The number of rotatable bonds is 8. The van der Waals surface area contributed by atoms with Crippen molar-refractivity contribution in [1.29, 1.82) is 0 Å². The first-order chi connectivity index (χ1) is 17.5. The van der Waals surface area contributed by atoms with Gasteiger partial charge in [0.2, 0.25) is 5.91 Å². The molecule has 3 aromatic rings. The summed E-state index contributed by atoms with van der Waals surface area (Å²) in [4.78, 5) is 33.2. The monoisotopic (exact) mass is 517 g/mol. The molecule has 8 nitrogen and oxygen atoms in total. The maximum Gasteiger partial charge on any atom is 0.433 e. The number of hydrogen-bond donors (Lipinski definition) is 0. The van der Waals surface area contributed by atoms with Gasteiger partial charge in [-0.3, -0.25) is 14.3 Å². The minimum absolute atomic E-state index is 0.0248. The number of nitrogens with zero attached hydrogens (tertiary/aromatic N) is 5. The number of fused-ring (bicyclic) bond motifs is 1. The highest BCUT2D eigenvalue weighted by molar-refractivity contribution is 5.97. The normalized spacial score (nSPS) is 14.9. The molecule has 0 bridgehead atoms. The molecule has 2 aromatic heterocycles. The molecule has 1 amide bonds. The molecule has 0 spiro atoms. The van der Waals surface area contributed by atoms with Crippen molar-refractivity contribution in [2.75, 3.05) is 39.8 Å². The lowest BCUT2D eigenvalue weighted by molar-refractivity contribution is -0.141. The van der Waals surface area contributed by atoms with E-state index in [9.17, 15) is 22.8 Å². The second-order valence-corrected chi connectivity index (χ2v) is 9.74. The van der Waals surface area contributed by atoms with E-state index in [1.807, 2.05) is 25.8 Å². The van der Waals surface area contributed by atoms with E-state index in [1.54, 1.807) is 23.0 Å². The number of likely N-dealkylation sites (N-methyl/N-ethyl adjacent to an activating group) is 1. The van der Waals surface area contributed by atoms with Crippen LogP contribution in [0, 0.1) is 5.92 Å². The van der Waals surface area contributed by atoms with Crippen LogP contribution in [0.15, 0.2) is 36.5 Å². The number of halogens is 3. The van der Waals surface area contributed by atoms with Gasteiger partial charge in [0.25, 0.3) is 0 Å². The summed E-state index contributed by atoms with van der Waals surface area (Å²) in [6.45, 7) is 7.41. The second-order valence-electron chi connectivity index (χ2n) is 9.74. The third kappa shape index (κ3) is 6.65. The van der Waals surface area contributed by atoms with E-state index in [-0.39, 0.29) is 30.5 Å². The molecule has 11 heteroatoms. The Balaban J connectivity index is 1.58. The van der Waals surface area contributed by atoms with Gasteiger partial charge in [-0.1, -0.05) is 19.9 Å². The van der Waals surface area contributed by atoms with Gasteiger partial charge in [-0.15, -0.1) is 0 Å². The van der Waals surface area contributed by atoms with Gasteiger partial charge in [-0.05, 0) is 31.2 Å². The van der Waals surface area contributed by atoms with Crippen LogP contribution in [0.2, 0.25) is 0 Å². The molecule has 0 saturated carbocycles. The molecule has 0 unspecified atom stereocenters. The van der Waals surface area contributed by atoms with Crippen molar-refractivity contribution in [2.45, 2.75) is 33.0 Å². The molecule has 0 radical (unpaired) electrons. The SMILES string of the molecule is CC(C)COc1cc2nn(CC(=O)N3CCN(C)CC3)cc2cc1CC(=O)c1cccc(C(F)(F)F)n1. The fourth-order valence-corrected chi connectivity index (χ4v) is 4.07. The van der Waals surface area contributed by atoms with E-state index in [0.29, 0.717) is 41.9 Å². The fourth-order valence-electron chi connectivity index (χ4n) is 4.07. The number of pyridine rings is 1. The maximum absolute atomic E-state index is 13.1. The summed E-state index contributed by atoms with van der Waals surface area (Å²) in [5, 5.41) is 5.22. The number of ketones is 1. The van der Waals surface area contributed by atoms with Gasteiger partial charge < -0.3 is 14.5 Å². The highest BCUT2D eigenvalue weighted by Crippen LogP contribution is 2.29. The van der Waals surface area contributed by atoms with Gasteiger partial charge in [0.15, 0.2) is 5.78 Å². The fraction of sp³-hybridized carbons (Fsp3) is 0.462. The molecule has 3 heterocycles. The molecule has 0 aliphatic carbocycles. The first kappa shape index (κ1) is 26.6. The molecule has 198 valence electrons. The van der Waals surface area contributed by atoms with Crippen molar-refractivity contribution in [2.24, 2.45) is 5.92 Å². The Labute approximate surface area is 213 Å². The Morgan fingerprint density at radius 2 is 1.84 bits per heavy atom. The van der Waals surface area contributed by atoms with E-state index in [2.05, 4.69) is 15.0 Å². The Morgan fingerprint density at radius 3 is 2.51 bits per heavy atom. The summed E-state index contributed by atoms with van der Waals surface area (Å²) in [6.07, 6.45) is -3.11. The molecular formula is C26H30F3N5O3. The Hall–Kier alpha value is -3.47. The van der Waals surface area contributed by atoms with Crippen molar-refractivity contribution in [3.8, 4) is 5.75 Å². The Bertz CT molecular complexity index is 1280. The van der Waals surface area contributed by atoms with Crippen LogP contribution in [0.1, 0.15) is 35.6 Å². The quantitative estimate of drug-likeness (QED) is 0.424. The number of hydrogen-bond acceptors (Lipinski definition) is 6. The number of carbonyl (C=O) groups excluding carboxylic acids is 2. The predicted octanol–water partition coefficient (Wildman–Crippen LogP) is 3.68. The third-order valence-electron chi connectivity index (χ3n) is 6.14. The summed E-state index contributed by atoms with van der Waals surface area (Å²) in [5.41, 5.74) is -0.268. The first-order valence-electron chi connectivity index (χ1n) is 12.2. The summed E-state index contributed by atoms with van der Waals surface area (Å²) in [6, 6.07) is 6.71. The van der Waals surface area contributed by atoms with Gasteiger partial charge >= 0.3 is 6.18 Å². The minimum Gasteiger partial charge on any atom is -0.493 e. The molecule has 1 aromatic carbocycles. The number of benzene rings is 1. The van der Waals surface area contributed by atoms with Crippen LogP contribution < -0.4 is 4.74 Å². The highest BCUT2D eigenvalue weighted by atomic mass is 19.4. The number of aromatic nitrogens is 3. The van der Waals surface area contributed by atoms with Gasteiger partial charge in [0.05, 0.1) is 12.1 Å². The summed E-state index contributed by atoms with van der Waals surface area (Å²) < 4.78 is 46.7. The predicted molar refractivity (Wildman–Crippen MR) is 131 cm³/mol. The number of ether oxygens (including phenoxy) is 1. The number of piperazine rings is 1. The van der Waals surface area contributed by atoms with E-state index in [4.69, 9.17) is 4.74 Å². The Morgan fingerprint density at radius 1 is 1.11 bits per heavy atom. The smallest absolute Gasteiger partial charge is 0.433 e. The second kappa shape index (κ2) is 10.9. The largest absolute Gasteiger partial charge is 0.493 e. The zero-order chi connectivity index (χ0) is 26.7. The molecule has 0 atom stereocenters. The first-order valence-corrected chi connectivity index (χ1v) is 12.2. The minimum atomic E-state index is -4.64. The van der Waals surface area contributed by atoms with Crippen molar-refractivity contribution in [1.82, 2.24) is 24.6 Å². The number of amides is 1. The molecular weight excluding hydrogens is 487 g/mol. The van der Waals surface area contributed by atoms with Crippen LogP contribution in [0.3, 0.4) is 0 Å². The lowest BCUT2D eigenvalue weighted by Gasteiger charge is -2.32. The lowest BCUT2D eigenvalue weighted by atomic mass is 10.0. The molecule has 1 saturated heterocycles. The van der Waals surface area contributed by atoms with E-state index < -0.39 is 17.7 Å². The molecule has 4 rings (SSSR count). The average Bonchev–Trinajstić information content (AvgIpc) is 3.23. The van der Waals surface area contributed by atoms with Crippen molar-refractivity contribution >= 4 is 22.6 Å². The number of alkyl halides is 3. The zero-order valence-electron chi connectivity index (χ0n) is 21.1. The third-order valence-corrected chi connectivity index (χ3v) is 6.14. The molecule has 0 N–H and O–H groups in total. The maximum atomic E-state index is 13.1. The van der Waals surface area contributed by atoms with Gasteiger partial charge in [-0.2, -0.15) is 18.3 Å². The topological polar surface area (TPSA) is 80.6 Å². The summed E-state index contributed by atoms with van der Waals surface area (Å²) >= 11 is 0. The van der Waals surface area contributed by atoms with Crippen molar-refractivity contribution in [3.63, 3.8) is 0 Å². The van der Waals surface area contributed by atoms with Crippen LogP contribution in [0.5, 0.6) is 5.75 Å². The molecule has 1 fully saturated rings. The van der Waals surface area contributed by atoms with Crippen molar-refractivity contribution < 1.29 is 27.5 Å². The van der Waals surface area contributed by atoms with Gasteiger partial charge in [0, 0.05) is 55.8 Å². The Kier molecular flexibility index (Phi) is 7.82. The van der Waals surface area contributed by atoms with E-state index in [0.717, 1.165) is 19.2 Å². The highest BCUT2D eigenvalue weighted by Gasteiger charge is 2.33. The van der Waals surface area contributed by atoms with Gasteiger partial charge in [0.1, 0.15) is 23.7 Å². The number of Topliss-reactive ketones (excluding diaryl/α,β-unsaturated/α-hetero) is 1. The summed E-state index contributed by atoms with van der Waals surface area (Å²) in [7, 11) is 2.02. The van der Waals surface area contributed by atoms with E-state index >= 15 is 0 Å². The molecule has 1 aliphatic rings. The van der Waals surface area contributed by atoms with Crippen molar-refractivity contribution in [3.05, 3.63) is 53.5 Å². The molecule has 1 aliphatic heterocycles. The lowest BCUT2D eigenvalue weighted by Crippen LogP contribution is -2.48. The van der Waals surface area contributed by atoms with Crippen LogP contribution in [-0.2, 0) is 23.9 Å². The zero-order valence-corrected chi connectivity index (χ0v) is 21.1.